The zero-order chi connectivity index (χ0) is 15.5. The molecule has 1 aliphatic rings. The molecule has 0 bridgehead atoms. The van der Waals surface area contributed by atoms with E-state index in [-0.39, 0.29) is 17.6 Å². The first-order valence-electron chi connectivity index (χ1n) is 7.94. The van der Waals surface area contributed by atoms with Crippen LogP contribution in [0.5, 0.6) is 5.75 Å². The summed E-state index contributed by atoms with van der Waals surface area (Å²) in [5, 5.41) is 13.1. The highest BCUT2D eigenvalue weighted by atomic mass is 16.5. The summed E-state index contributed by atoms with van der Waals surface area (Å²) < 4.78 is 5.82. The van der Waals surface area contributed by atoms with Crippen molar-refractivity contribution >= 4 is 0 Å². The lowest BCUT2D eigenvalue weighted by atomic mass is 9.87. The molecule has 21 heavy (non-hydrogen) atoms. The lowest BCUT2D eigenvalue weighted by molar-refractivity contribution is 0.142. The van der Waals surface area contributed by atoms with Crippen molar-refractivity contribution in [1.82, 2.24) is 5.32 Å². The van der Waals surface area contributed by atoms with Crippen LogP contribution in [0.25, 0.3) is 0 Å². The van der Waals surface area contributed by atoms with Crippen LogP contribution in [0.1, 0.15) is 52.5 Å². The van der Waals surface area contributed by atoms with E-state index in [1.165, 1.54) is 18.4 Å². The van der Waals surface area contributed by atoms with Gasteiger partial charge in [-0.05, 0) is 42.9 Å². The molecule has 1 aliphatic carbocycles. The van der Waals surface area contributed by atoms with Crippen molar-refractivity contribution < 1.29 is 9.84 Å². The minimum absolute atomic E-state index is 0.149. The summed E-state index contributed by atoms with van der Waals surface area (Å²) in [6.07, 6.45) is 3.26. The number of benzene rings is 1. The van der Waals surface area contributed by atoms with E-state index in [9.17, 15) is 5.11 Å². The van der Waals surface area contributed by atoms with E-state index in [0.29, 0.717) is 12.6 Å². The maximum atomic E-state index is 9.57. The third kappa shape index (κ3) is 5.01. The molecule has 0 saturated heterocycles. The van der Waals surface area contributed by atoms with Crippen LogP contribution in [0.4, 0.5) is 0 Å². The number of aliphatic hydroxyl groups excluding tert-OH is 1. The highest BCUT2D eigenvalue weighted by Crippen LogP contribution is 2.26. The van der Waals surface area contributed by atoms with Crippen LogP contribution in [-0.4, -0.2) is 29.9 Å². The number of ether oxygens (including phenoxy) is 1. The molecule has 1 atom stereocenters. The smallest absolute Gasteiger partial charge is 0.119 e. The lowest BCUT2D eigenvalue weighted by Crippen LogP contribution is -2.48. The lowest BCUT2D eigenvalue weighted by Gasteiger charge is -2.29. The minimum atomic E-state index is -0.230. The number of hydrogen-bond donors (Lipinski definition) is 2. The molecule has 1 aromatic rings. The Labute approximate surface area is 128 Å². The molecule has 1 saturated carbocycles. The van der Waals surface area contributed by atoms with Gasteiger partial charge in [-0.15, -0.1) is 0 Å². The Kier molecular flexibility index (Phi) is 4.95. The highest BCUT2D eigenvalue weighted by Gasteiger charge is 2.31. The third-order valence-corrected chi connectivity index (χ3v) is 4.12. The van der Waals surface area contributed by atoms with E-state index in [0.717, 1.165) is 12.2 Å². The number of hydrogen-bond acceptors (Lipinski definition) is 3. The molecule has 0 aliphatic heterocycles. The molecule has 0 radical (unpaired) electrons. The summed E-state index contributed by atoms with van der Waals surface area (Å²) in [4.78, 5) is 0. The quantitative estimate of drug-likeness (QED) is 0.810. The van der Waals surface area contributed by atoms with Gasteiger partial charge in [0.1, 0.15) is 5.75 Å². The van der Waals surface area contributed by atoms with Gasteiger partial charge in [0.25, 0.3) is 0 Å². The van der Waals surface area contributed by atoms with Gasteiger partial charge < -0.3 is 15.2 Å². The van der Waals surface area contributed by atoms with Crippen LogP contribution in [0.3, 0.4) is 0 Å². The molecular weight excluding hydrogens is 262 g/mol. The van der Waals surface area contributed by atoms with Gasteiger partial charge in [-0.25, -0.2) is 0 Å². The molecule has 3 heteroatoms. The number of nitrogens with one attached hydrogen (secondary N) is 1. The van der Waals surface area contributed by atoms with Crippen LogP contribution >= 0.6 is 0 Å². The van der Waals surface area contributed by atoms with Crippen molar-refractivity contribution in [2.45, 2.75) is 64.0 Å². The fourth-order valence-corrected chi connectivity index (χ4v) is 2.36. The molecule has 1 unspecified atom stereocenters. The van der Waals surface area contributed by atoms with E-state index in [4.69, 9.17) is 4.74 Å². The van der Waals surface area contributed by atoms with Gasteiger partial charge in [-0.1, -0.05) is 32.9 Å². The average Bonchev–Trinajstić information content (AvgIpc) is 3.22. The van der Waals surface area contributed by atoms with Crippen molar-refractivity contribution in [3.8, 4) is 5.75 Å². The second kappa shape index (κ2) is 6.37. The zero-order valence-corrected chi connectivity index (χ0v) is 13.8. The molecule has 2 N–H and O–H groups in total. The van der Waals surface area contributed by atoms with Gasteiger partial charge in [0.05, 0.1) is 13.2 Å². The average molecular weight is 291 g/mol. The van der Waals surface area contributed by atoms with Crippen LogP contribution in [-0.2, 0) is 5.41 Å². The molecule has 1 fully saturated rings. The summed E-state index contributed by atoms with van der Waals surface area (Å²) in [7, 11) is 0. The van der Waals surface area contributed by atoms with Crippen molar-refractivity contribution in [2.75, 3.05) is 13.2 Å². The van der Waals surface area contributed by atoms with E-state index in [2.05, 4.69) is 45.1 Å². The van der Waals surface area contributed by atoms with E-state index < -0.39 is 0 Å². The summed E-state index contributed by atoms with van der Waals surface area (Å²) in [5.41, 5.74) is 1.25. The predicted molar refractivity (Wildman–Crippen MR) is 86.9 cm³/mol. The Balaban J connectivity index is 1.82. The van der Waals surface area contributed by atoms with Gasteiger partial charge >= 0.3 is 0 Å². The second-order valence-electron chi connectivity index (χ2n) is 7.51. The Hall–Kier alpha value is -1.06. The molecule has 0 spiro atoms. The van der Waals surface area contributed by atoms with Crippen molar-refractivity contribution in [2.24, 2.45) is 0 Å². The molecule has 2 rings (SSSR count). The minimum Gasteiger partial charge on any atom is -0.494 e. The molecular formula is C18H29NO2. The summed E-state index contributed by atoms with van der Waals surface area (Å²) in [6, 6.07) is 8.91. The molecule has 0 amide bonds. The maximum absolute atomic E-state index is 9.57. The number of aliphatic hydroxyl groups is 1. The largest absolute Gasteiger partial charge is 0.494 e. The first kappa shape index (κ1) is 16.3. The molecule has 118 valence electrons. The topological polar surface area (TPSA) is 41.5 Å². The monoisotopic (exact) mass is 291 g/mol. The Morgan fingerprint density at radius 1 is 1.14 bits per heavy atom. The second-order valence-corrected chi connectivity index (χ2v) is 7.51. The van der Waals surface area contributed by atoms with Gasteiger partial charge in [0.15, 0.2) is 0 Å². The van der Waals surface area contributed by atoms with Crippen LogP contribution < -0.4 is 10.1 Å². The standard InChI is InChI=1S/C18H29NO2/c1-17(2,3)14-5-9-16(10-6-14)21-12-11-18(4,13-20)19-15-7-8-15/h5-6,9-10,15,19-20H,7-8,11-13H2,1-4H3. The third-order valence-electron chi connectivity index (χ3n) is 4.12. The van der Waals surface area contributed by atoms with Crippen LogP contribution in [0.2, 0.25) is 0 Å². The molecule has 0 aromatic heterocycles. The highest BCUT2D eigenvalue weighted by molar-refractivity contribution is 5.31. The molecule has 1 aromatic carbocycles. The van der Waals surface area contributed by atoms with Crippen LogP contribution in [0.15, 0.2) is 24.3 Å². The van der Waals surface area contributed by atoms with Crippen molar-refractivity contribution in [3.63, 3.8) is 0 Å². The van der Waals surface area contributed by atoms with E-state index in [1.54, 1.807) is 0 Å². The van der Waals surface area contributed by atoms with E-state index >= 15 is 0 Å². The first-order chi connectivity index (χ1) is 9.82. The van der Waals surface area contributed by atoms with Gasteiger partial charge in [-0.2, -0.15) is 0 Å². The molecule has 3 nitrogen and oxygen atoms in total. The predicted octanol–water partition coefficient (Wildman–Crippen LogP) is 3.26. The Bertz CT molecular complexity index is 445. The summed E-state index contributed by atoms with van der Waals surface area (Å²) >= 11 is 0. The zero-order valence-electron chi connectivity index (χ0n) is 13.8. The summed E-state index contributed by atoms with van der Waals surface area (Å²) in [6.45, 7) is 9.45. The first-order valence-corrected chi connectivity index (χ1v) is 7.94. The van der Waals surface area contributed by atoms with Crippen molar-refractivity contribution in [3.05, 3.63) is 29.8 Å². The normalized spacial score (nSPS) is 18.3. The summed E-state index contributed by atoms with van der Waals surface area (Å²) in [5.74, 6) is 0.898. The fourth-order valence-electron chi connectivity index (χ4n) is 2.36. The van der Waals surface area contributed by atoms with Gasteiger partial charge in [0, 0.05) is 18.0 Å². The van der Waals surface area contributed by atoms with Gasteiger partial charge in [0.2, 0.25) is 0 Å². The van der Waals surface area contributed by atoms with Crippen LogP contribution in [0, 0.1) is 0 Å². The Morgan fingerprint density at radius 2 is 1.76 bits per heavy atom. The number of rotatable bonds is 7. The Morgan fingerprint density at radius 3 is 2.24 bits per heavy atom. The van der Waals surface area contributed by atoms with Crippen molar-refractivity contribution in [1.29, 1.82) is 0 Å². The SMILES string of the molecule is CC(CO)(CCOc1ccc(C(C)(C)C)cc1)NC1CC1. The fraction of sp³-hybridized carbons (Fsp3) is 0.667. The van der Waals surface area contributed by atoms with E-state index in [1.807, 2.05) is 12.1 Å². The van der Waals surface area contributed by atoms with Gasteiger partial charge in [-0.3, -0.25) is 0 Å². The maximum Gasteiger partial charge on any atom is 0.119 e. The molecule has 0 heterocycles.